The van der Waals surface area contributed by atoms with E-state index in [1.807, 2.05) is 0 Å². The van der Waals surface area contributed by atoms with Crippen molar-refractivity contribution in [3.05, 3.63) is 72.0 Å². The Hall–Kier alpha value is -4.93. The first-order valence-electron chi connectivity index (χ1n) is 9.58. The molecule has 0 amide bonds. The molecule has 0 bridgehead atoms. The van der Waals surface area contributed by atoms with E-state index in [1.165, 1.54) is 24.3 Å². The fraction of sp³-hybridized carbons (Fsp3) is 0. The van der Waals surface area contributed by atoms with Crippen LogP contribution >= 0.6 is 0 Å². The number of rotatable bonds is 2. The van der Waals surface area contributed by atoms with E-state index >= 15 is 0 Å². The molecule has 0 saturated heterocycles. The van der Waals surface area contributed by atoms with Gasteiger partial charge in [-0.15, -0.1) is 0 Å². The summed E-state index contributed by atoms with van der Waals surface area (Å²) < 4.78 is 40.1. The zero-order valence-electron chi connectivity index (χ0n) is 17.4. The number of aromatic hydroxyl groups is 8. The highest BCUT2D eigenvalue weighted by Gasteiger charge is 2.22. The van der Waals surface area contributed by atoms with E-state index in [1.54, 1.807) is 0 Å². The molecule has 0 aliphatic rings. The van der Waals surface area contributed by atoms with Crippen molar-refractivity contribution in [2.75, 3.05) is 0 Å². The molecule has 35 heavy (non-hydrogen) atoms. The van der Waals surface area contributed by atoms with Crippen LogP contribution < -0.4 is 0 Å². The van der Waals surface area contributed by atoms with Gasteiger partial charge in [-0.2, -0.15) is 0 Å². The van der Waals surface area contributed by atoms with Crippen molar-refractivity contribution in [1.82, 2.24) is 0 Å². The Labute approximate surface area is 194 Å². The lowest BCUT2D eigenvalue weighted by Crippen LogP contribution is -1.90. The largest absolute Gasteiger partial charge is 0.507 e. The third kappa shape index (κ3) is 4.60. The average molecular weight is 490 g/mol. The molecule has 182 valence electrons. The molecular weight excluding hydrogens is 473 g/mol. The zero-order valence-corrected chi connectivity index (χ0v) is 17.4. The molecule has 0 atom stereocenters. The maximum absolute atomic E-state index is 13.5. The first kappa shape index (κ1) is 24.7. The maximum atomic E-state index is 13.5. The number of benzene rings is 4. The molecule has 0 aliphatic carbocycles. The second-order valence-corrected chi connectivity index (χ2v) is 7.06. The molecule has 0 spiro atoms. The van der Waals surface area contributed by atoms with Gasteiger partial charge in [-0.05, 0) is 12.1 Å². The fourth-order valence-electron chi connectivity index (χ4n) is 3.15. The quantitative estimate of drug-likeness (QED) is 0.147. The molecule has 4 aromatic rings. The van der Waals surface area contributed by atoms with Gasteiger partial charge < -0.3 is 40.9 Å². The number of phenols is 8. The Morgan fingerprint density at radius 1 is 0.429 bits per heavy atom. The zero-order chi connectivity index (χ0) is 26.0. The smallest absolute Gasteiger partial charge is 0.201 e. The molecule has 4 aromatic carbocycles. The van der Waals surface area contributed by atoms with Gasteiger partial charge in [-0.1, -0.05) is 30.3 Å². The molecule has 0 aromatic heterocycles. The van der Waals surface area contributed by atoms with Crippen LogP contribution in [0.2, 0.25) is 0 Å². The highest BCUT2D eigenvalue weighted by Crippen LogP contribution is 2.49. The van der Waals surface area contributed by atoms with Crippen molar-refractivity contribution in [3.8, 4) is 68.2 Å². The van der Waals surface area contributed by atoms with Gasteiger partial charge in [0, 0.05) is 23.3 Å². The Morgan fingerprint density at radius 3 is 1.37 bits per heavy atom. The van der Waals surface area contributed by atoms with Crippen molar-refractivity contribution in [2.24, 2.45) is 0 Å². The van der Waals surface area contributed by atoms with E-state index < -0.39 is 74.6 Å². The van der Waals surface area contributed by atoms with E-state index in [0.29, 0.717) is 6.07 Å². The first-order valence-corrected chi connectivity index (χ1v) is 9.58. The minimum absolute atomic E-state index is 0.0715. The highest BCUT2D eigenvalue weighted by molar-refractivity contribution is 5.82. The second kappa shape index (κ2) is 9.51. The van der Waals surface area contributed by atoms with Crippen LogP contribution in [0.3, 0.4) is 0 Å². The Morgan fingerprint density at radius 2 is 0.857 bits per heavy atom. The molecule has 0 radical (unpaired) electrons. The minimum Gasteiger partial charge on any atom is -0.507 e. The Bertz CT molecular complexity index is 1420. The lowest BCUT2D eigenvalue weighted by molar-refractivity contribution is 0.362. The molecule has 0 unspecified atom stereocenters. The summed E-state index contributed by atoms with van der Waals surface area (Å²) in [5.74, 6) is -9.21. The van der Waals surface area contributed by atoms with Crippen LogP contribution in [0.1, 0.15) is 0 Å². The van der Waals surface area contributed by atoms with Crippen molar-refractivity contribution < 1.29 is 54.0 Å². The predicted octanol–water partition coefficient (Wildman–Crippen LogP) is 4.77. The van der Waals surface area contributed by atoms with Crippen molar-refractivity contribution in [3.63, 3.8) is 0 Å². The van der Waals surface area contributed by atoms with Gasteiger partial charge >= 0.3 is 0 Å². The van der Waals surface area contributed by atoms with E-state index in [0.717, 1.165) is 24.3 Å². The summed E-state index contributed by atoms with van der Waals surface area (Å²) in [4.78, 5) is 0. The Balaban J connectivity index is 0.000000196. The number of hydrogen-bond donors (Lipinski definition) is 8. The summed E-state index contributed by atoms with van der Waals surface area (Å²) in [6.45, 7) is 0. The molecule has 0 fully saturated rings. The summed E-state index contributed by atoms with van der Waals surface area (Å²) in [7, 11) is 0. The molecule has 8 N–H and O–H groups in total. The van der Waals surface area contributed by atoms with Crippen LogP contribution in [0.15, 0.2) is 54.6 Å². The summed E-state index contributed by atoms with van der Waals surface area (Å²) in [5, 5.41) is 75.2. The monoisotopic (exact) mass is 490 g/mol. The summed E-state index contributed by atoms with van der Waals surface area (Å²) in [6, 6.07) is 10.2. The van der Waals surface area contributed by atoms with Gasteiger partial charge in [0.05, 0.1) is 11.1 Å². The minimum atomic E-state index is -1.28. The maximum Gasteiger partial charge on any atom is 0.201 e. The molecule has 4 rings (SSSR count). The SMILES string of the molecule is Oc1cc(O)c(-c2cccc(F)c2F)c(O)c1O.Oc1cc(O)c(-c2ccccc2F)c(O)c1O. The van der Waals surface area contributed by atoms with Crippen LogP contribution in [-0.2, 0) is 0 Å². The standard InChI is InChI=1S/C12H8F2O4.C12H9FO4/c13-6-3-1-2-5(10(6)14)9-7(15)4-8(16)11(17)12(9)18;13-7-4-2-1-3-6(7)10-8(14)5-9(15)11(16)12(10)17/h1-4,15-18H;1-5,14-17H. The summed E-state index contributed by atoms with van der Waals surface area (Å²) in [5.41, 5.74) is -1.26. The highest BCUT2D eigenvalue weighted by atomic mass is 19.2. The van der Waals surface area contributed by atoms with Gasteiger partial charge in [0.2, 0.25) is 11.5 Å². The number of hydrogen-bond acceptors (Lipinski definition) is 8. The fourth-order valence-corrected chi connectivity index (χ4v) is 3.15. The van der Waals surface area contributed by atoms with Crippen LogP contribution in [0, 0.1) is 17.5 Å². The van der Waals surface area contributed by atoms with Crippen LogP contribution in [0.5, 0.6) is 46.0 Å². The average Bonchev–Trinajstić information content (AvgIpc) is 2.80. The topological polar surface area (TPSA) is 162 Å². The van der Waals surface area contributed by atoms with E-state index in [9.17, 15) is 43.8 Å². The van der Waals surface area contributed by atoms with Gasteiger partial charge in [0.25, 0.3) is 0 Å². The van der Waals surface area contributed by atoms with Crippen LogP contribution in [-0.4, -0.2) is 40.9 Å². The lowest BCUT2D eigenvalue weighted by Gasteiger charge is -2.11. The molecule has 11 heteroatoms. The van der Waals surface area contributed by atoms with Gasteiger partial charge in [-0.3, -0.25) is 0 Å². The predicted molar refractivity (Wildman–Crippen MR) is 117 cm³/mol. The van der Waals surface area contributed by atoms with Crippen molar-refractivity contribution in [2.45, 2.75) is 0 Å². The first-order chi connectivity index (χ1) is 16.5. The summed E-state index contributed by atoms with van der Waals surface area (Å²) in [6.07, 6.45) is 0. The van der Waals surface area contributed by atoms with Crippen LogP contribution in [0.4, 0.5) is 13.2 Å². The van der Waals surface area contributed by atoms with Crippen LogP contribution in [0.25, 0.3) is 22.3 Å². The number of halogens is 3. The van der Waals surface area contributed by atoms with E-state index in [-0.39, 0.29) is 11.1 Å². The molecule has 0 saturated carbocycles. The molecule has 8 nitrogen and oxygen atoms in total. The van der Waals surface area contributed by atoms with E-state index in [4.69, 9.17) is 10.2 Å². The summed E-state index contributed by atoms with van der Waals surface area (Å²) >= 11 is 0. The molecule has 0 aliphatic heterocycles. The van der Waals surface area contributed by atoms with Crippen molar-refractivity contribution in [1.29, 1.82) is 0 Å². The molecule has 0 heterocycles. The third-order valence-electron chi connectivity index (χ3n) is 4.83. The normalized spacial score (nSPS) is 10.5. The third-order valence-corrected chi connectivity index (χ3v) is 4.83. The van der Waals surface area contributed by atoms with E-state index in [2.05, 4.69) is 0 Å². The second-order valence-electron chi connectivity index (χ2n) is 7.06. The Kier molecular flexibility index (Phi) is 6.72. The van der Waals surface area contributed by atoms with Gasteiger partial charge in [0.1, 0.15) is 17.3 Å². The van der Waals surface area contributed by atoms with Crippen molar-refractivity contribution >= 4 is 0 Å². The van der Waals surface area contributed by atoms with Gasteiger partial charge in [0.15, 0.2) is 34.6 Å². The molecular formula is C24H17F3O8. The van der Waals surface area contributed by atoms with Gasteiger partial charge in [-0.25, -0.2) is 13.2 Å². The lowest BCUT2D eigenvalue weighted by atomic mass is 10.0. The number of phenolic OH excluding ortho intramolecular Hbond substituents is 8.